The summed E-state index contributed by atoms with van der Waals surface area (Å²) in [7, 11) is 1.69. The molecule has 9 nitrogen and oxygen atoms in total. The molecule has 2 aromatic rings. The van der Waals surface area contributed by atoms with Crippen LogP contribution in [-0.4, -0.2) is 92.3 Å². The van der Waals surface area contributed by atoms with Crippen LogP contribution >= 0.6 is 0 Å². The number of aromatic nitrogens is 1. The van der Waals surface area contributed by atoms with Gasteiger partial charge in [0, 0.05) is 56.9 Å². The Bertz CT molecular complexity index is 1140. The summed E-state index contributed by atoms with van der Waals surface area (Å²) in [6.45, 7) is 7.88. The average molecular weight is 497 g/mol. The second kappa shape index (κ2) is 9.13. The smallest absolute Gasteiger partial charge is 0.229 e. The Morgan fingerprint density at radius 1 is 1.14 bits per heavy atom. The summed E-state index contributed by atoms with van der Waals surface area (Å²) >= 11 is 0. The molecule has 4 fully saturated rings. The van der Waals surface area contributed by atoms with Crippen LogP contribution in [0.25, 0.3) is 10.8 Å². The van der Waals surface area contributed by atoms with E-state index in [-0.39, 0.29) is 22.8 Å². The Balaban J connectivity index is 1.18. The molecule has 6 rings (SSSR count). The lowest BCUT2D eigenvalue weighted by Gasteiger charge is -2.45. The number of methoxy groups -OCH3 is 1. The normalized spacial score (nSPS) is 30.0. The van der Waals surface area contributed by atoms with E-state index in [2.05, 4.69) is 33.1 Å². The van der Waals surface area contributed by atoms with Gasteiger partial charge in [-0.25, -0.2) is 4.98 Å². The van der Waals surface area contributed by atoms with E-state index in [0.717, 1.165) is 80.9 Å². The Hall–Kier alpha value is -2.46. The zero-order valence-electron chi connectivity index (χ0n) is 21.2. The quantitative estimate of drug-likeness (QED) is 0.651. The highest BCUT2D eigenvalue weighted by Crippen LogP contribution is 2.59. The second-order valence-electron chi connectivity index (χ2n) is 11.0. The number of amides is 1. The molecular formula is C27H36N4O5. The molecule has 3 aliphatic heterocycles. The third kappa shape index (κ3) is 4.12. The van der Waals surface area contributed by atoms with Gasteiger partial charge in [0.15, 0.2) is 0 Å². The summed E-state index contributed by atoms with van der Waals surface area (Å²) in [4.78, 5) is 22.1. The summed E-state index contributed by atoms with van der Waals surface area (Å²) in [6, 6.07) is 6.11. The lowest BCUT2D eigenvalue weighted by Crippen LogP contribution is -2.60. The Labute approximate surface area is 211 Å². The molecule has 1 amide bonds. The van der Waals surface area contributed by atoms with Crippen LogP contribution in [-0.2, 0) is 14.3 Å². The number of rotatable bonds is 5. The van der Waals surface area contributed by atoms with E-state index >= 15 is 0 Å². The topological polar surface area (TPSA) is 96.4 Å². The Kier molecular flexibility index (Phi) is 6.06. The molecule has 0 radical (unpaired) electrons. The van der Waals surface area contributed by atoms with E-state index < -0.39 is 6.10 Å². The number of nitrogens with zero attached hydrogens (tertiary/aromatic N) is 3. The number of piperazine rings is 1. The molecule has 194 valence electrons. The molecule has 3 saturated heterocycles. The van der Waals surface area contributed by atoms with Gasteiger partial charge < -0.3 is 29.5 Å². The minimum Gasteiger partial charge on any atom is -0.495 e. The maximum atomic E-state index is 12.9. The van der Waals surface area contributed by atoms with Crippen LogP contribution in [0.1, 0.15) is 26.2 Å². The number of carbonyl (C=O) groups is 1. The molecule has 1 spiro atoms. The molecule has 1 saturated carbocycles. The van der Waals surface area contributed by atoms with Crippen molar-refractivity contribution in [3.05, 3.63) is 24.4 Å². The number of aliphatic hydroxyl groups excluding tert-OH is 1. The highest BCUT2D eigenvalue weighted by atomic mass is 16.5. The van der Waals surface area contributed by atoms with Crippen LogP contribution in [0.15, 0.2) is 24.4 Å². The highest BCUT2D eigenvalue weighted by molar-refractivity contribution is 5.97. The summed E-state index contributed by atoms with van der Waals surface area (Å²) in [6.07, 6.45) is 4.23. The van der Waals surface area contributed by atoms with Gasteiger partial charge in [0.05, 0.1) is 37.7 Å². The average Bonchev–Trinajstić information content (AvgIpc) is 3.48. The predicted molar refractivity (Wildman–Crippen MR) is 137 cm³/mol. The van der Waals surface area contributed by atoms with Crippen molar-refractivity contribution in [1.29, 1.82) is 0 Å². The molecule has 1 aliphatic carbocycles. The van der Waals surface area contributed by atoms with Crippen LogP contribution in [0, 0.1) is 11.3 Å². The number of anilines is 2. The predicted octanol–water partition coefficient (Wildman–Crippen LogP) is 2.27. The SMILES string of the molecule is COc1cc2cnc(NC(=O)C3CC34CCOCC4)cc2cc1N1CCN(C2(C)COCC2O)CC1. The van der Waals surface area contributed by atoms with Gasteiger partial charge in [-0.05, 0) is 55.2 Å². The Morgan fingerprint density at radius 2 is 1.92 bits per heavy atom. The number of fused-ring (bicyclic) bond motifs is 1. The van der Waals surface area contributed by atoms with Crippen LogP contribution < -0.4 is 15.0 Å². The molecule has 1 aromatic heterocycles. The van der Waals surface area contributed by atoms with E-state index in [1.54, 1.807) is 13.3 Å². The number of carbonyl (C=O) groups excluding carboxylic acids is 1. The number of ether oxygens (including phenoxy) is 3. The summed E-state index contributed by atoms with van der Waals surface area (Å²) in [5.41, 5.74) is 0.841. The van der Waals surface area contributed by atoms with Gasteiger partial charge in [-0.3, -0.25) is 9.69 Å². The van der Waals surface area contributed by atoms with Crippen LogP contribution in [0.2, 0.25) is 0 Å². The van der Waals surface area contributed by atoms with Crippen molar-refractivity contribution in [2.75, 3.05) is 69.9 Å². The molecule has 0 bridgehead atoms. The fourth-order valence-corrected chi connectivity index (χ4v) is 6.32. The molecule has 3 atom stereocenters. The first-order valence-electron chi connectivity index (χ1n) is 13.0. The highest BCUT2D eigenvalue weighted by Gasteiger charge is 2.58. The first-order chi connectivity index (χ1) is 17.4. The fraction of sp³-hybridized carbons (Fsp3) is 0.630. The van der Waals surface area contributed by atoms with E-state index in [1.165, 1.54) is 0 Å². The lowest BCUT2D eigenvalue weighted by molar-refractivity contribution is -0.118. The van der Waals surface area contributed by atoms with Crippen molar-refractivity contribution in [3.63, 3.8) is 0 Å². The van der Waals surface area contributed by atoms with Crippen molar-refractivity contribution in [2.24, 2.45) is 11.3 Å². The van der Waals surface area contributed by atoms with Crippen molar-refractivity contribution >= 4 is 28.2 Å². The largest absolute Gasteiger partial charge is 0.495 e. The number of aliphatic hydroxyl groups is 1. The number of hydrogen-bond acceptors (Lipinski definition) is 8. The van der Waals surface area contributed by atoms with Gasteiger partial charge >= 0.3 is 0 Å². The lowest BCUT2D eigenvalue weighted by atomic mass is 9.93. The minimum absolute atomic E-state index is 0.0623. The maximum absolute atomic E-state index is 12.9. The minimum atomic E-state index is -0.461. The van der Waals surface area contributed by atoms with E-state index in [9.17, 15) is 9.90 Å². The Morgan fingerprint density at radius 3 is 2.61 bits per heavy atom. The standard InChI is InChI=1S/C27H36N4O5/c1-26(17-36-16-23(26)32)31-7-5-30(6-8-31)21-11-18-13-24(28-15-19(18)12-22(21)34-2)29-25(33)20-14-27(20)3-9-35-10-4-27/h11-13,15,20,23,32H,3-10,14,16-17H2,1-2H3,(H,28,29,33). The van der Waals surface area contributed by atoms with Crippen molar-refractivity contribution < 1.29 is 24.1 Å². The first kappa shape index (κ1) is 23.9. The third-order valence-electron chi connectivity index (χ3n) is 9.00. The zero-order valence-corrected chi connectivity index (χ0v) is 21.2. The van der Waals surface area contributed by atoms with Gasteiger partial charge in [-0.2, -0.15) is 0 Å². The summed E-state index contributed by atoms with van der Waals surface area (Å²) in [5.74, 6) is 1.53. The third-order valence-corrected chi connectivity index (χ3v) is 9.00. The van der Waals surface area contributed by atoms with E-state index in [1.807, 2.05) is 12.1 Å². The second-order valence-corrected chi connectivity index (χ2v) is 11.0. The van der Waals surface area contributed by atoms with Gasteiger partial charge in [-0.1, -0.05) is 0 Å². The number of benzene rings is 1. The van der Waals surface area contributed by atoms with Crippen LogP contribution in [0.3, 0.4) is 0 Å². The van der Waals surface area contributed by atoms with Gasteiger partial charge in [-0.15, -0.1) is 0 Å². The molecule has 4 aliphatic rings. The molecule has 36 heavy (non-hydrogen) atoms. The molecule has 9 heteroatoms. The molecule has 3 unspecified atom stereocenters. The van der Waals surface area contributed by atoms with Crippen LogP contribution in [0.4, 0.5) is 11.5 Å². The monoisotopic (exact) mass is 496 g/mol. The van der Waals surface area contributed by atoms with Crippen molar-refractivity contribution in [2.45, 2.75) is 37.8 Å². The number of hydrogen-bond donors (Lipinski definition) is 2. The molecule has 1 aromatic carbocycles. The van der Waals surface area contributed by atoms with Crippen molar-refractivity contribution in [3.8, 4) is 5.75 Å². The fourth-order valence-electron chi connectivity index (χ4n) is 6.32. The van der Waals surface area contributed by atoms with Gasteiger partial charge in [0.2, 0.25) is 5.91 Å². The first-order valence-corrected chi connectivity index (χ1v) is 13.0. The summed E-state index contributed by atoms with van der Waals surface area (Å²) < 4.78 is 16.8. The maximum Gasteiger partial charge on any atom is 0.229 e. The molecule has 2 N–H and O–H groups in total. The van der Waals surface area contributed by atoms with Gasteiger partial charge in [0.1, 0.15) is 11.6 Å². The molecular weight excluding hydrogens is 460 g/mol. The van der Waals surface area contributed by atoms with E-state index in [4.69, 9.17) is 14.2 Å². The number of nitrogens with one attached hydrogen (secondary N) is 1. The van der Waals surface area contributed by atoms with E-state index in [0.29, 0.717) is 19.0 Å². The van der Waals surface area contributed by atoms with Crippen LogP contribution in [0.5, 0.6) is 5.75 Å². The zero-order chi connectivity index (χ0) is 24.9. The van der Waals surface area contributed by atoms with Crippen molar-refractivity contribution in [1.82, 2.24) is 9.88 Å². The number of pyridine rings is 1. The van der Waals surface area contributed by atoms with Gasteiger partial charge in [0.25, 0.3) is 0 Å². The molecule has 4 heterocycles. The summed E-state index contributed by atoms with van der Waals surface area (Å²) in [5, 5.41) is 15.5.